The summed E-state index contributed by atoms with van der Waals surface area (Å²) >= 11 is 0. The number of halogens is 2. The Morgan fingerprint density at radius 2 is 1.68 bits per heavy atom. The first kappa shape index (κ1) is 22.5. The van der Waals surface area contributed by atoms with Crippen LogP contribution < -0.4 is 11.1 Å². The van der Waals surface area contributed by atoms with Crippen LogP contribution in [0.25, 0.3) is 0 Å². The number of nitrogens with two attached hydrogens (primary N) is 1. The fourth-order valence-corrected chi connectivity index (χ4v) is 4.61. The zero-order chi connectivity index (χ0) is 16.6. The Morgan fingerprint density at radius 3 is 2.20 bits per heavy atom. The van der Waals surface area contributed by atoms with Gasteiger partial charge in [-0.25, -0.2) is 0 Å². The molecule has 1 aliphatic heterocycles. The SMILES string of the molecule is CC(C)NC(=O)CN1CCN(C(=O)C2C3CCC(C3)C2N)CC1.Cl.Cl. The number of nitrogens with zero attached hydrogens (tertiary/aromatic N) is 2. The third kappa shape index (κ3) is 5.00. The van der Waals surface area contributed by atoms with E-state index in [1.807, 2.05) is 18.7 Å². The molecule has 0 aromatic heterocycles. The molecule has 0 aromatic carbocycles. The number of hydrogen-bond acceptors (Lipinski definition) is 4. The van der Waals surface area contributed by atoms with Gasteiger partial charge in [0.25, 0.3) is 0 Å². The molecule has 3 N–H and O–H groups in total. The second-order valence-electron chi connectivity index (χ2n) is 7.76. The number of hydrogen-bond donors (Lipinski definition) is 2. The number of amides is 2. The lowest BCUT2D eigenvalue weighted by Crippen LogP contribution is -2.55. The highest BCUT2D eigenvalue weighted by molar-refractivity contribution is 5.85. The summed E-state index contributed by atoms with van der Waals surface area (Å²) in [5.41, 5.74) is 6.30. The topological polar surface area (TPSA) is 78.7 Å². The van der Waals surface area contributed by atoms with Gasteiger partial charge in [-0.05, 0) is 44.9 Å². The van der Waals surface area contributed by atoms with Crippen LogP contribution in [0.5, 0.6) is 0 Å². The third-order valence-corrected chi connectivity index (χ3v) is 5.77. The third-order valence-electron chi connectivity index (χ3n) is 5.77. The van der Waals surface area contributed by atoms with Crippen molar-refractivity contribution in [3.8, 4) is 0 Å². The summed E-state index contributed by atoms with van der Waals surface area (Å²) in [5.74, 6) is 1.45. The first-order valence-corrected chi connectivity index (χ1v) is 9.01. The minimum absolute atomic E-state index is 0. The van der Waals surface area contributed by atoms with E-state index >= 15 is 0 Å². The molecular weight excluding hydrogens is 363 g/mol. The molecule has 2 aliphatic carbocycles. The zero-order valence-corrected chi connectivity index (χ0v) is 16.8. The predicted molar refractivity (Wildman–Crippen MR) is 103 cm³/mol. The van der Waals surface area contributed by atoms with Crippen molar-refractivity contribution in [3.63, 3.8) is 0 Å². The summed E-state index contributed by atoms with van der Waals surface area (Å²) < 4.78 is 0. The molecule has 2 amide bonds. The van der Waals surface area contributed by atoms with E-state index in [2.05, 4.69) is 10.2 Å². The maximum Gasteiger partial charge on any atom is 0.234 e. The lowest BCUT2D eigenvalue weighted by molar-refractivity contribution is -0.139. The fourth-order valence-electron chi connectivity index (χ4n) is 4.61. The van der Waals surface area contributed by atoms with Gasteiger partial charge in [-0.1, -0.05) is 0 Å². The first-order chi connectivity index (χ1) is 11.0. The van der Waals surface area contributed by atoms with Gasteiger partial charge >= 0.3 is 0 Å². The Kier molecular flexibility index (Phi) is 8.45. The van der Waals surface area contributed by atoms with Crippen molar-refractivity contribution < 1.29 is 9.59 Å². The Morgan fingerprint density at radius 1 is 1.08 bits per heavy atom. The predicted octanol–water partition coefficient (Wildman–Crippen LogP) is 0.872. The van der Waals surface area contributed by atoms with Gasteiger partial charge in [-0.2, -0.15) is 0 Å². The van der Waals surface area contributed by atoms with E-state index < -0.39 is 0 Å². The van der Waals surface area contributed by atoms with Crippen LogP contribution in [0.15, 0.2) is 0 Å². The number of rotatable bonds is 4. The van der Waals surface area contributed by atoms with E-state index in [9.17, 15) is 9.59 Å². The normalized spacial score (nSPS) is 31.4. The van der Waals surface area contributed by atoms with E-state index in [1.165, 1.54) is 12.8 Å². The average molecular weight is 395 g/mol. The van der Waals surface area contributed by atoms with Gasteiger partial charge in [0.15, 0.2) is 0 Å². The van der Waals surface area contributed by atoms with E-state index in [0.29, 0.717) is 31.5 Å². The maximum atomic E-state index is 12.8. The van der Waals surface area contributed by atoms with Crippen molar-refractivity contribution in [2.45, 2.75) is 45.2 Å². The van der Waals surface area contributed by atoms with E-state index in [4.69, 9.17) is 5.73 Å². The smallest absolute Gasteiger partial charge is 0.234 e. The number of carbonyl (C=O) groups is 2. The summed E-state index contributed by atoms with van der Waals surface area (Å²) in [6.45, 7) is 7.33. The van der Waals surface area contributed by atoms with Gasteiger partial charge in [0.1, 0.15) is 0 Å². The highest BCUT2D eigenvalue weighted by Gasteiger charge is 2.50. The number of fused-ring (bicyclic) bond motifs is 2. The van der Waals surface area contributed by atoms with Gasteiger partial charge in [0.2, 0.25) is 11.8 Å². The standard InChI is InChI=1S/C17H30N4O2.2ClH/c1-11(2)19-14(22)10-20-5-7-21(8-6-20)17(23)15-12-3-4-13(9-12)16(15)18;;/h11-13,15-16H,3-10,18H2,1-2H3,(H,19,22);2*1H. The van der Waals surface area contributed by atoms with Crippen LogP contribution >= 0.6 is 24.8 Å². The van der Waals surface area contributed by atoms with Crippen molar-refractivity contribution in [2.75, 3.05) is 32.7 Å². The monoisotopic (exact) mass is 394 g/mol. The number of carbonyl (C=O) groups excluding carboxylic acids is 2. The van der Waals surface area contributed by atoms with Gasteiger partial charge in [0.05, 0.1) is 12.5 Å². The van der Waals surface area contributed by atoms with Crippen LogP contribution in [0.1, 0.15) is 33.1 Å². The summed E-state index contributed by atoms with van der Waals surface area (Å²) in [4.78, 5) is 28.8. The van der Waals surface area contributed by atoms with Gasteiger partial charge in [-0.15, -0.1) is 24.8 Å². The minimum Gasteiger partial charge on any atom is -0.353 e. The highest BCUT2D eigenvalue weighted by atomic mass is 35.5. The molecule has 25 heavy (non-hydrogen) atoms. The Balaban J connectivity index is 0.00000156. The highest BCUT2D eigenvalue weighted by Crippen LogP contribution is 2.48. The lowest BCUT2D eigenvalue weighted by atomic mass is 9.84. The van der Waals surface area contributed by atoms with Crippen LogP contribution in [0.2, 0.25) is 0 Å². The van der Waals surface area contributed by atoms with Crippen LogP contribution in [0, 0.1) is 17.8 Å². The Bertz CT molecular complexity index is 468. The van der Waals surface area contributed by atoms with Crippen molar-refractivity contribution in [1.29, 1.82) is 0 Å². The van der Waals surface area contributed by atoms with Gasteiger partial charge in [0, 0.05) is 38.3 Å². The Hall–Kier alpha value is -0.560. The van der Waals surface area contributed by atoms with Gasteiger partial charge < -0.3 is 16.0 Å². The maximum absolute atomic E-state index is 12.8. The molecule has 3 aliphatic rings. The zero-order valence-electron chi connectivity index (χ0n) is 15.1. The molecule has 0 aromatic rings. The van der Waals surface area contributed by atoms with Crippen molar-refractivity contribution in [1.82, 2.24) is 15.1 Å². The van der Waals surface area contributed by atoms with E-state index in [1.54, 1.807) is 0 Å². The molecule has 4 unspecified atom stereocenters. The lowest BCUT2D eigenvalue weighted by Gasteiger charge is -2.38. The fraction of sp³-hybridized carbons (Fsp3) is 0.882. The summed E-state index contributed by atoms with van der Waals surface area (Å²) in [7, 11) is 0. The number of nitrogens with one attached hydrogen (secondary N) is 1. The van der Waals surface area contributed by atoms with Crippen LogP contribution in [0.4, 0.5) is 0 Å². The summed E-state index contributed by atoms with van der Waals surface area (Å²) in [6.07, 6.45) is 3.52. The summed E-state index contributed by atoms with van der Waals surface area (Å²) in [6, 6.07) is 0.237. The molecule has 1 saturated heterocycles. The van der Waals surface area contributed by atoms with Crippen LogP contribution in [0.3, 0.4) is 0 Å². The number of piperazine rings is 1. The van der Waals surface area contributed by atoms with Gasteiger partial charge in [-0.3, -0.25) is 14.5 Å². The van der Waals surface area contributed by atoms with Crippen LogP contribution in [-0.2, 0) is 9.59 Å². The van der Waals surface area contributed by atoms with E-state index in [-0.39, 0.29) is 54.6 Å². The largest absolute Gasteiger partial charge is 0.353 e. The average Bonchev–Trinajstić information content (AvgIpc) is 3.07. The molecule has 0 radical (unpaired) electrons. The molecule has 146 valence electrons. The quantitative estimate of drug-likeness (QED) is 0.741. The second kappa shape index (κ2) is 9.40. The minimum atomic E-state index is 0. The first-order valence-electron chi connectivity index (χ1n) is 9.01. The molecular formula is C17H32Cl2N4O2. The Labute approximate surface area is 163 Å². The van der Waals surface area contributed by atoms with Crippen molar-refractivity contribution >= 4 is 36.6 Å². The molecule has 2 saturated carbocycles. The molecule has 4 atom stereocenters. The van der Waals surface area contributed by atoms with Crippen LogP contribution in [-0.4, -0.2) is 66.4 Å². The van der Waals surface area contributed by atoms with E-state index in [0.717, 1.165) is 19.5 Å². The van der Waals surface area contributed by atoms with Crippen molar-refractivity contribution in [3.05, 3.63) is 0 Å². The van der Waals surface area contributed by atoms with Crippen molar-refractivity contribution in [2.24, 2.45) is 23.5 Å². The molecule has 8 heteroatoms. The molecule has 3 rings (SSSR count). The second-order valence-corrected chi connectivity index (χ2v) is 7.76. The molecule has 0 spiro atoms. The summed E-state index contributed by atoms with van der Waals surface area (Å²) in [5, 5.41) is 2.92. The molecule has 6 nitrogen and oxygen atoms in total. The molecule has 1 heterocycles. The molecule has 3 fully saturated rings. The molecule has 2 bridgehead atoms.